The van der Waals surface area contributed by atoms with Crippen molar-refractivity contribution in [3.05, 3.63) is 24.3 Å². The summed E-state index contributed by atoms with van der Waals surface area (Å²) < 4.78 is 4.37. The smallest absolute Gasteiger partial charge is 0.303 e. The second-order valence-corrected chi connectivity index (χ2v) is 4.68. The van der Waals surface area contributed by atoms with E-state index in [2.05, 4.69) is 9.27 Å². The van der Waals surface area contributed by atoms with Gasteiger partial charge in [-0.2, -0.15) is 4.37 Å². The first kappa shape index (κ1) is 11.9. The molecular formula is C12H14N2O2S. The van der Waals surface area contributed by atoms with Crippen molar-refractivity contribution in [1.82, 2.24) is 4.37 Å². The number of hydrogen-bond donors (Lipinski definition) is 1. The zero-order chi connectivity index (χ0) is 12.3. The number of benzene rings is 1. The number of carboxylic acids is 1. The van der Waals surface area contributed by atoms with Gasteiger partial charge in [-0.15, -0.1) is 0 Å². The number of fused-ring (bicyclic) bond motifs is 1. The number of hydrogen-bond acceptors (Lipinski definition) is 4. The minimum absolute atomic E-state index is 0.209. The fraction of sp³-hybridized carbons (Fsp3) is 0.333. The molecule has 0 amide bonds. The van der Waals surface area contributed by atoms with Gasteiger partial charge in [-0.3, -0.25) is 4.79 Å². The summed E-state index contributed by atoms with van der Waals surface area (Å²) in [4.78, 5) is 12.5. The highest BCUT2D eigenvalue weighted by Gasteiger charge is 2.09. The second kappa shape index (κ2) is 5.14. The minimum Gasteiger partial charge on any atom is -0.481 e. The summed E-state index contributed by atoms with van der Waals surface area (Å²) in [7, 11) is 1.97. The number of carbonyl (C=O) groups is 1. The first-order valence-corrected chi connectivity index (χ1v) is 6.23. The molecule has 0 radical (unpaired) electrons. The first-order chi connectivity index (χ1) is 8.18. The van der Waals surface area contributed by atoms with Crippen molar-refractivity contribution >= 4 is 33.4 Å². The third kappa shape index (κ3) is 2.74. The molecule has 1 aromatic heterocycles. The number of aromatic nitrogens is 1. The summed E-state index contributed by atoms with van der Waals surface area (Å²) >= 11 is 1.46. The lowest BCUT2D eigenvalue weighted by Crippen LogP contribution is -2.18. The maximum absolute atomic E-state index is 10.5. The van der Waals surface area contributed by atoms with Crippen molar-refractivity contribution in [1.29, 1.82) is 0 Å². The van der Waals surface area contributed by atoms with Crippen LogP contribution in [-0.4, -0.2) is 29.0 Å². The van der Waals surface area contributed by atoms with Crippen LogP contribution < -0.4 is 4.90 Å². The molecule has 4 nitrogen and oxygen atoms in total. The Hall–Kier alpha value is -1.62. The predicted molar refractivity (Wildman–Crippen MR) is 69.8 cm³/mol. The predicted octanol–water partition coefficient (Wildman–Crippen LogP) is 2.60. The average Bonchev–Trinajstić information content (AvgIpc) is 2.72. The third-order valence-corrected chi connectivity index (χ3v) is 3.59. The van der Waals surface area contributed by atoms with Gasteiger partial charge in [-0.25, -0.2) is 0 Å². The summed E-state index contributed by atoms with van der Waals surface area (Å²) in [5.41, 5.74) is 0.998. The topological polar surface area (TPSA) is 53.4 Å². The summed E-state index contributed by atoms with van der Waals surface area (Å²) in [6, 6.07) is 7.99. The fourth-order valence-electron chi connectivity index (χ4n) is 1.72. The molecule has 0 unspecified atom stereocenters. The molecular weight excluding hydrogens is 236 g/mol. The van der Waals surface area contributed by atoms with Crippen LogP contribution in [0.15, 0.2) is 24.3 Å². The molecule has 0 aliphatic carbocycles. The van der Waals surface area contributed by atoms with Gasteiger partial charge in [0.2, 0.25) is 0 Å². The molecule has 1 N–H and O–H groups in total. The lowest BCUT2D eigenvalue weighted by atomic mass is 10.2. The van der Waals surface area contributed by atoms with Crippen molar-refractivity contribution in [2.45, 2.75) is 12.8 Å². The van der Waals surface area contributed by atoms with Crippen molar-refractivity contribution < 1.29 is 9.90 Å². The van der Waals surface area contributed by atoms with Crippen LogP contribution in [0.3, 0.4) is 0 Å². The van der Waals surface area contributed by atoms with E-state index in [1.165, 1.54) is 11.5 Å². The van der Waals surface area contributed by atoms with Gasteiger partial charge in [0.05, 0.1) is 5.52 Å². The Kier molecular flexibility index (Phi) is 3.58. The van der Waals surface area contributed by atoms with Gasteiger partial charge in [0, 0.05) is 25.4 Å². The van der Waals surface area contributed by atoms with Crippen LogP contribution in [0.25, 0.3) is 10.9 Å². The first-order valence-electron chi connectivity index (χ1n) is 5.46. The molecule has 2 aromatic rings. The van der Waals surface area contributed by atoms with Crippen molar-refractivity contribution in [2.75, 3.05) is 18.5 Å². The second-order valence-electron chi connectivity index (χ2n) is 3.92. The van der Waals surface area contributed by atoms with E-state index in [0.717, 1.165) is 22.4 Å². The molecule has 0 saturated heterocycles. The summed E-state index contributed by atoms with van der Waals surface area (Å²) in [6.07, 6.45) is 0.860. The molecule has 1 aromatic carbocycles. The Morgan fingerprint density at radius 2 is 2.24 bits per heavy atom. The zero-order valence-corrected chi connectivity index (χ0v) is 10.4. The normalized spacial score (nSPS) is 10.6. The van der Waals surface area contributed by atoms with Crippen LogP contribution in [-0.2, 0) is 4.79 Å². The van der Waals surface area contributed by atoms with Gasteiger partial charge in [0.25, 0.3) is 0 Å². The maximum atomic E-state index is 10.5. The molecule has 0 saturated carbocycles. The number of nitrogens with zero attached hydrogens (tertiary/aromatic N) is 2. The summed E-state index contributed by atoms with van der Waals surface area (Å²) in [5, 5.41) is 10.8. The largest absolute Gasteiger partial charge is 0.481 e. The van der Waals surface area contributed by atoms with Crippen LogP contribution in [0, 0.1) is 0 Å². The number of carboxylic acid groups (broad SMARTS) is 1. The maximum Gasteiger partial charge on any atom is 0.303 e. The fourth-order valence-corrected chi connectivity index (χ4v) is 2.57. The summed E-state index contributed by atoms with van der Waals surface area (Å²) in [6.45, 7) is 0.735. The number of anilines is 1. The Morgan fingerprint density at radius 1 is 1.47 bits per heavy atom. The van der Waals surface area contributed by atoms with Crippen LogP contribution in [0.5, 0.6) is 0 Å². The molecule has 1 heterocycles. The molecule has 0 bridgehead atoms. The zero-order valence-electron chi connectivity index (χ0n) is 9.59. The van der Waals surface area contributed by atoms with E-state index in [1.54, 1.807) is 0 Å². The van der Waals surface area contributed by atoms with Gasteiger partial charge in [0.15, 0.2) is 0 Å². The van der Waals surface area contributed by atoms with Gasteiger partial charge in [-0.05, 0) is 30.1 Å². The summed E-state index contributed by atoms with van der Waals surface area (Å²) in [5.74, 6) is -0.743. The van der Waals surface area contributed by atoms with Crippen LogP contribution in [0.1, 0.15) is 12.8 Å². The Balaban J connectivity index is 2.08. The quantitative estimate of drug-likeness (QED) is 0.886. The van der Waals surface area contributed by atoms with E-state index in [0.29, 0.717) is 6.42 Å². The van der Waals surface area contributed by atoms with E-state index in [4.69, 9.17) is 5.11 Å². The van der Waals surface area contributed by atoms with Gasteiger partial charge >= 0.3 is 5.97 Å². The van der Waals surface area contributed by atoms with Gasteiger partial charge < -0.3 is 10.0 Å². The van der Waals surface area contributed by atoms with Crippen LogP contribution in [0.2, 0.25) is 0 Å². The molecule has 2 rings (SSSR count). The Morgan fingerprint density at radius 3 is 3.00 bits per heavy atom. The lowest BCUT2D eigenvalue weighted by Gasteiger charge is -2.16. The van der Waals surface area contributed by atoms with Gasteiger partial charge in [-0.1, -0.05) is 12.1 Å². The van der Waals surface area contributed by atoms with Crippen LogP contribution >= 0.6 is 11.5 Å². The Bertz CT molecular complexity index is 524. The van der Waals surface area contributed by atoms with E-state index >= 15 is 0 Å². The highest BCUT2D eigenvalue weighted by Crippen LogP contribution is 2.30. The van der Waals surface area contributed by atoms with Crippen molar-refractivity contribution in [3.63, 3.8) is 0 Å². The SMILES string of the molecule is CN(CCCC(=O)O)c1snc2ccccc12. The molecule has 90 valence electrons. The van der Waals surface area contributed by atoms with E-state index in [9.17, 15) is 4.79 Å². The molecule has 0 fully saturated rings. The van der Waals surface area contributed by atoms with E-state index in [-0.39, 0.29) is 6.42 Å². The molecule has 0 aliphatic rings. The van der Waals surface area contributed by atoms with Gasteiger partial charge in [0.1, 0.15) is 5.00 Å². The molecule has 17 heavy (non-hydrogen) atoms. The molecule has 0 aliphatic heterocycles. The van der Waals surface area contributed by atoms with Crippen molar-refractivity contribution in [3.8, 4) is 0 Å². The average molecular weight is 250 g/mol. The van der Waals surface area contributed by atoms with Crippen LogP contribution in [0.4, 0.5) is 5.00 Å². The third-order valence-electron chi connectivity index (χ3n) is 2.60. The number of rotatable bonds is 5. The molecule has 0 spiro atoms. The highest BCUT2D eigenvalue weighted by atomic mass is 32.1. The van der Waals surface area contributed by atoms with E-state index in [1.807, 2.05) is 31.3 Å². The van der Waals surface area contributed by atoms with E-state index < -0.39 is 5.97 Å². The monoisotopic (exact) mass is 250 g/mol. The minimum atomic E-state index is -0.743. The molecule has 0 atom stereocenters. The highest BCUT2D eigenvalue weighted by molar-refractivity contribution is 7.11. The standard InChI is InChI=1S/C12H14N2O2S/c1-14(8-4-7-11(15)16)12-9-5-2-3-6-10(9)13-17-12/h2-3,5-6H,4,7-8H2,1H3,(H,15,16). The number of aliphatic carboxylic acids is 1. The van der Waals surface area contributed by atoms with Crippen molar-refractivity contribution in [2.24, 2.45) is 0 Å². The molecule has 5 heteroatoms. The lowest BCUT2D eigenvalue weighted by molar-refractivity contribution is -0.137. The Labute approximate surface area is 104 Å².